The molecule has 0 bridgehead atoms. The van der Waals surface area contributed by atoms with Gasteiger partial charge in [-0.15, -0.1) is 0 Å². The summed E-state index contributed by atoms with van der Waals surface area (Å²) in [6.45, 7) is 2.15. The van der Waals surface area contributed by atoms with Gasteiger partial charge in [0.1, 0.15) is 5.82 Å². The molecule has 0 radical (unpaired) electrons. The molecule has 0 amide bonds. The van der Waals surface area contributed by atoms with Crippen LogP contribution < -0.4 is 10.6 Å². The van der Waals surface area contributed by atoms with E-state index in [0.717, 1.165) is 18.7 Å². The summed E-state index contributed by atoms with van der Waals surface area (Å²) in [5.41, 5.74) is 5.08. The Hall–Kier alpha value is -2.55. The second-order valence-corrected chi connectivity index (χ2v) is 5.82. The van der Waals surface area contributed by atoms with Crippen molar-refractivity contribution in [2.24, 2.45) is 0 Å². The maximum atomic E-state index is 4.64. The quantitative estimate of drug-likeness (QED) is 0.615. The summed E-state index contributed by atoms with van der Waals surface area (Å²) >= 11 is 0. The van der Waals surface area contributed by atoms with E-state index in [1.165, 1.54) is 33.1 Å². The Labute approximate surface area is 122 Å². The van der Waals surface area contributed by atoms with Gasteiger partial charge in [-0.3, -0.25) is 4.57 Å². The summed E-state index contributed by atoms with van der Waals surface area (Å²) in [5, 5.41) is 2.65. The SMILES string of the molecule is Cc1ccc2c(c1)-n1ccc3c1=C(CCC=3)c1nccn1-2. The second kappa shape index (κ2) is 3.76. The first-order valence-electron chi connectivity index (χ1n) is 7.39. The van der Waals surface area contributed by atoms with Crippen LogP contribution in [0.2, 0.25) is 0 Å². The average Bonchev–Trinajstić information content (AvgIpc) is 3.11. The number of hydrogen-bond donors (Lipinski definition) is 0. The molecule has 5 rings (SSSR count). The van der Waals surface area contributed by atoms with E-state index in [1.807, 2.05) is 6.20 Å². The normalized spacial score (nSPS) is 14.8. The van der Waals surface area contributed by atoms with Gasteiger partial charge in [0.05, 0.1) is 16.7 Å². The molecule has 3 nitrogen and oxygen atoms in total. The van der Waals surface area contributed by atoms with Crippen molar-refractivity contribution in [3.8, 4) is 11.4 Å². The summed E-state index contributed by atoms with van der Waals surface area (Å²) in [6.07, 6.45) is 10.7. The molecule has 2 aliphatic rings. The molecule has 0 saturated carbocycles. The lowest BCUT2D eigenvalue weighted by molar-refractivity contribution is 0.977. The van der Waals surface area contributed by atoms with Crippen LogP contribution in [0.5, 0.6) is 0 Å². The molecule has 0 saturated heterocycles. The van der Waals surface area contributed by atoms with Crippen LogP contribution in [0.3, 0.4) is 0 Å². The highest BCUT2D eigenvalue weighted by molar-refractivity contribution is 5.69. The fourth-order valence-electron chi connectivity index (χ4n) is 3.59. The lowest BCUT2D eigenvalue weighted by Gasteiger charge is -2.12. The Morgan fingerprint density at radius 1 is 1.05 bits per heavy atom. The summed E-state index contributed by atoms with van der Waals surface area (Å²) < 4.78 is 4.56. The predicted octanol–water partition coefficient (Wildman–Crippen LogP) is 2.06. The van der Waals surface area contributed by atoms with Crippen LogP contribution in [0.25, 0.3) is 23.0 Å². The van der Waals surface area contributed by atoms with Crippen LogP contribution in [0.1, 0.15) is 24.2 Å². The third kappa shape index (κ3) is 1.35. The van der Waals surface area contributed by atoms with Crippen LogP contribution in [-0.4, -0.2) is 14.1 Å². The molecule has 0 atom stereocenters. The van der Waals surface area contributed by atoms with Gasteiger partial charge in [0.2, 0.25) is 0 Å². The highest BCUT2D eigenvalue weighted by Crippen LogP contribution is 2.28. The number of benzene rings is 1. The molecule has 0 unspecified atom stereocenters. The van der Waals surface area contributed by atoms with E-state index in [4.69, 9.17) is 0 Å². The van der Waals surface area contributed by atoms with Gasteiger partial charge < -0.3 is 4.57 Å². The fraction of sp³-hybridized carbons (Fsp3) is 0.167. The van der Waals surface area contributed by atoms with E-state index in [0.29, 0.717) is 0 Å². The largest absolute Gasteiger partial charge is 0.314 e. The van der Waals surface area contributed by atoms with E-state index in [-0.39, 0.29) is 0 Å². The zero-order chi connectivity index (χ0) is 14.0. The number of nitrogens with zero attached hydrogens (tertiary/aromatic N) is 3. The van der Waals surface area contributed by atoms with Crippen molar-refractivity contribution < 1.29 is 0 Å². The topological polar surface area (TPSA) is 22.8 Å². The average molecular weight is 273 g/mol. The van der Waals surface area contributed by atoms with Gasteiger partial charge in [0.15, 0.2) is 0 Å². The fourth-order valence-corrected chi connectivity index (χ4v) is 3.59. The molecule has 3 heteroatoms. The maximum absolute atomic E-state index is 4.64. The van der Waals surface area contributed by atoms with Crippen molar-refractivity contribution in [1.82, 2.24) is 14.1 Å². The first kappa shape index (κ1) is 11.1. The van der Waals surface area contributed by atoms with Gasteiger partial charge in [-0.1, -0.05) is 12.1 Å². The number of rotatable bonds is 0. The number of aryl methyl sites for hydroxylation is 1. The molecule has 3 aromatic rings. The lowest BCUT2D eigenvalue weighted by atomic mass is 10.0. The minimum Gasteiger partial charge on any atom is -0.314 e. The maximum Gasteiger partial charge on any atom is 0.142 e. The molecule has 0 N–H and O–H groups in total. The van der Waals surface area contributed by atoms with Gasteiger partial charge in [-0.25, -0.2) is 4.98 Å². The van der Waals surface area contributed by atoms with Gasteiger partial charge in [0.25, 0.3) is 0 Å². The zero-order valence-electron chi connectivity index (χ0n) is 11.9. The lowest BCUT2D eigenvalue weighted by Crippen LogP contribution is -2.32. The van der Waals surface area contributed by atoms with Crippen molar-refractivity contribution >= 4 is 11.6 Å². The standard InChI is InChI=1S/C18H15N3/c1-12-5-6-15-16(11-12)20-9-7-13-3-2-4-14(17(13)20)18-19-8-10-21(15)18/h3,5-11H,2,4H2,1H3. The molecule has 21 heavy (non-hydrogen) atoms. The highest BCUT2D eigenvalue weighted by Gasteiger charge is 2.22. The van der Waals surface area contributed by atoms with Crippen molar-refractivity contribution in [3.63, 3.8) is 0 Å². The van der Waals surface area contributed by atoms with Gasteiger partial charge in [0, 0.05) is 24.2 Å². The zero-order valence-corrected chi connectivity index (χ0v) is 11.9. The third-order valence-corrected chi connectivity index (χ3v) is 4.52. The van der Waals surface area contributed by atoms with Crippen LogP contribution in [0.4, 0.5) is 0 Å². The minimum absolute atomic E-state index is 1.06. The molecule has 0 fully saturated rings. The third-order valence-electron chi connectivity index (χ3n) is 4.52. The summed E-state index contributed by atoms with van der Waals surface area (Å²) in [7, 11) is 0. The van der Waals surface area contributed by atoms with Crippen LogP contribution in [0.15, 0.2) is 42.9 Å². The number of hydrogen-bond acceptors (Lipinski definition) is 1. The van der Waals surface area contributed by atoms with Crippen LogP contribution in [-0.2, 0) is 0 Å². The molecule has 1 aliphatic heterocycles. The Morgan fingerprint density at radius 2 is 2.00 bits per heavy atom. The van der Waals surface area contributed by atoms with E-state index in [9.17, 15) is 0 Å². The monoisotopic (exact) mass is 273 g/mol. The Bertz CT molecular complexity index is 1000. The molecule has 1 aromatic carbocycles. The van der Waals surface area contributed by atoms with E-state index >= 15 is 0 Å². The van der Waals surface area contributed by atoms with Crippen molar-refractivity contribution in [3.05, 3.63) is 64.8 Å². The Morgan fingerprint density at radius 3 is 2.95 bits per heavy atom. The smallest absolute Gasteiger partial charge is 0.142 e. The van der Waals surface area contributed by atoms with Crippen molar-refractivity contribution in [1.29, 1.82) is 0 Å². The Balaban J connectivity index is 2.07. The molecule has 2 aromatic heterocycles. The molecule has 102 valence electrons. The summed E-state index contributed by atoms with van der Waals surface area (Å²) in [6, 6.07) is 8.85. The summed E-state index contributed by atoms with van der Waals surface area (Å²) in [4.78, 5) is 4.64. The van der Waals surface area contributed by atoms with E-state index in [2.05, 4.69) is 63.8 Å². The molecule has 1 aliphatic carbocycles. The first-order valence-corrected chi connectivity index (χ1v) is 7.39. The number of imidazole rings is 1. The number of aromatic nitrogens is 3. The first-order chi connectivity index (χ1) is 10.3. The molecule has 0 spiro atoms. The van der Waals surface area contributed by atoms with E-state index in [1.54, 1.807) is 0 Å². The van der Waals surface area contributed by atoms with Crippen LogP contribution in [0, 0.1) is 6.92 Å². The van der Waals surface area contributed by atoms with Crippen LogP contribution >= 0.6 is 0 Å². The second-order valence-electron chi connectivity index (χ2n) is 5.82. The molecular formula is C18H15N3. The highest BCUT2D eigenvalue weighted by atomic mass is 15.1. The van der Waals surface area contributed by atoms with Gasteiger partial charge in [-0.2, -0.15) is 0 Å². The minimum atomic E-state index is 1.06. The molecule has 3 heterocycles. The van der Waals surface area contributed by atoms with Gasteiger partial charge in [-0.05, 0) is 48.7 Å². The molecular weight excluding hydrogens is 258 g/mol. The van der Waals surface area contributed by atoms with Gasteiger partial charge >= 0.3 is 0 Å². The Kier molecular flexibility index (Phi) is 1.99. The van der Waals surface area contributed by atoms with E-state index < -0.39 is 0 Å². The predicted molar refractivity (Wildman–Crippen MR) is 83.1 cm³/mol. The van der Waals surface area contributed by atoms with Crippen molar-refractivity contribution in [2.75, 3.05) is 0 Å². The summed E-state index contributed by atoms with van der Waals surface area (Å²) in [5.74, 6) is 1.09. The number of fused-ring (bicyclic) bond motifs is 5. The van der Waals surface area contributed by atoms with Crippen molar-refractivity contribution in [2.45, 2.75) is 19.8 Å².